The quantitative estimate of drug-likeness (QED) is 0.645. The number of carboxylic acid groups (broad SMARTS) is 1. The van der Waals surface area contributed by atoms with Crippen molar-refractivity contribution in [3.05, 3.63) is 0 Å². The number of hydrogen-bond acceptors (Lipinski definition) is 5. The van der Waals surface area contributed by atoms with Crippen molar-refractivity contribution in [2.75, 3.05) is 18.1 Å². The molecule has 7 nitrogen and oxygen atoms in total. The van der Waals surface area contributed by atoms with Gasteiger partial charge in [0.15, 0.2) is 9.84 Å². The van der Waals surface area contributed by atoms with E-state index in [-0.39, 0.29) is 35.9 Å². The Balaban J connectivity index is 1.80. The Hall–Kier alpha value is -1.15. The summed E-state index contributed by atoms with van der Waals surface area (Å²) in [7, 11) is -3.05. The molecule has 0 spiro atoms. The molecule has 1 saturated heterocycles. The Bertz CT molecular complexity index is 505. The fraction of sp³-hybridized carbons (Fsp3) is 0.846. The number of carboxylic acids is 1. The molecule has 0 radical (unpaired) electrons. The Morgan fingerprint density at radius 1 is 1.29 bits per heavy atom. The van der Waals surface area contributed by atoms with Gasteiger partial charge in [-0.25, -0.2) is 8.42 Å². The van der Waals surface area contributed by atoms with E-state index in [1.54, 1.807) is 0 Å². The number of nitrogens with one attached hydrogen (secondary N) is 2. The highest BCUT2D eigenvalue weighted by Crippen LogP contribution is 2.24. The second kappa shape index (κ2) is 6.74. The van der Waals surface area contributed by atoms with Crippen LogP contribution in [0.3, 0.4) is 0 Å². The molecule has 3 N–H and O–H groups in total. The highest BCUT2D eigenvalue weighted by Gasteiger charge is 2.30. The second-order valence-corrected chi connectivity index (χ2v) is 8.16. The summed E-state index contributed by atoms with van der Waals surface area (Å²) >= 11 is 0. The van der Waals surface area contributed by atoms with Crippen LogP contribution in [0.15, 0.2) is 0 Å². The van der Waals surface area contributed by atoms with Crippen molar-refractivity contribution < 1.29 is 23.1 Å². The average Bonchev–Trinajstić information content (AvgIpc) is 2.37. The van der Waals surface area contributed by atoms with E-state index >= 15 is 0 Å². The number of sulfone groups is 1. The van der Waals surface area contributed by atoms with E-state index in [9.17, 15) is 18.0 Å². The minimum absolute atomic E-state index is 0.0111. The van der Waals surface area contributed by atoms with E-state index < -0.39 is 21.7 Å². The zero-order valence-electron chi connectivity index (χ0n) is 11.9. The van der Waals surface area contributed by atoms with E-state index in [4.69, 9.17) is 5.11 Å². The van der Waals surface area contributed by atoms with Gasteiger partial charge in [-0.3, -0.25) is 9.59 Å². The summed E-state index contributed by atoms with van der Waals surface area (Å²) in [6.45, 7) is 0.380. The number of rotatable bonds is 4. The van der Waals surface area contributed by atoms with Crippen LogP contribution in [-0.2, 0) is 19.4 Å². The van der Waals surface area contributed by atoms with Crippen LogP contribution in [0.4, 0.5) is 0 Å². The predicted octanol–water partition coefficient (Wildman–Crippen LogP) is -0.477. The van der Waals surface area contributed by atoms with Crippen molar-refractivity contribution in [3.8, 4) is 0 Å². The molecule has 1 saturated carbocycles. The van der Waals surface area contributed by atoms with Gasteiger partial charge in [0.1, 0.15) is 0 Å². The van der Waals surface area contributed by atoms with E-state index in [1.807, 2.05) is 0 Å². The maximum absolute atomic E-state index is 12.0. The molecule has 2 fully saturated rings. The first-order valence-corrected chi connectivity index (χ1v) is 9.14. The normalized spacial score (nSPS) is 32.3. The standard InChI is InChI=1S/C13H22N2O5S/c16-12(7-11-8-21(19,20)5-4-14-11)15-10-3-1-2-9(6-10)13(17)18/h9-11,14H,1-8H2,(H,15,16)(H,17,18). The molecule has 3 unspecified atom stereocenters. The number of hydrogen-bond donors (Lipinski definition) is 3. The van der Waals surface area contributed by atoms with Crippen molar-refractivity contribution in [3.63, 3.8) is 0 Å². The first kappa shape index (κ1) is 16.2. The molecule has 0 aromatic rings. The Morgan fingerprint density at radius 2 is 2.05 bits per heavy atom. The minimum atomic E-state index is -3.05. The summed E-state index contributed by atoms with van der Waals surface area (Å²) in [4.78, 5) is 23.0. The number of carbonyl (C=O) groups is 2. The summed E-state index contributed by atoms with van der Waals surface area (Å²) in [5, 5.41) is 14.9. The number of aliphatic carboxylic acids is 1. The molecule has 1 aliphatic carbocycles. The van der Waals surface area contributed by atoms with Gasteiger partial charge in [0.05, 0.1) is 17.4 Å². The van der Waals surface area contributed by atoms with Crippen LogP contribution in [0.25, 0.3) is 0 Å². The van der Waals surface area contributed by atoms with Crippen molar-refractivity contribution >= 4 is 21.7 Å². The van der Waals surface area contributed by atoms with Gasteiger partial charge in [-0.2, -0.15) is 0 Å². The molecule has 0 aromatic carbocycles. The zero-order valence-corrected chi connectivity index (χ0v) is 12.7. The molecule has 0 bridgehead atoms. The Morgan fingerprint density at radius 3 is 2.71 bits per heavy atom. The maximum Gasteiger partial charge on any atom is 0.306 e. The summed E-state index contributed by atoms with van der Waals surface area (Å²) in [6.07, 6.45) is 2.80. The minimum Gasteiger partial charge on any atom is -0.481 e. The number of amides is 1. The van der Waals surface area contributed by atoms with Gasteiger partial charge < -0.3 is 15.7 Å². The molecule has 21 heavy (non-hydrogen) atoms. The van der Waals surface area contributed by atoms with Gasteiger partial charge >= 0.3 is 5.97 Å². The van der Waals surface area contributed by atoms with Gasteiger partial charge in [0.25, 0.3) is 0 Å². The van der Waals surface area contributed by atoms with Crippen LogP contribution in [0.2, 0.25) is 0 Å². The molecular formula is C13H22N2O5S. The van der Waals surface area contributed by atoms with Gasteiger partial charge in [0, 0.05) is 25.0 Å². The molecule has 120 valence electrons. The summed E-state index contributed by atoms with van der Waals surface area (Å²) in [5.41, 5.74) is 0. The lowest BCUT2D eigenvalue weighted by Gasteiger charge is -2.28. The van der Waals surface area contributed by atoms with Crippen LogP contribution in [0, 0.1) is 5.92 Å². The first-order chi connectivity index (χ1) is 9.85. The molecule has 3 atom stereocenters. The molecule has 2 aliphatic rings. The molecular weight excluding hydrogens is 296 g/mol. The molecule has 1 amide bonds. The van der Waals surface area contributed by atoms with Crippen LogP contribution in [-0.4, -0.2) is 55.5 Å². The first-order valence-electron chi connectivity index (χ1n) is 7.32. The number of carbonyl (C=O) groups excluding carboxylic acids is 1. The zero-order chi connectivity index (χ0) is 15.5. The lowest BCUT2D eigenvalue weighted by molar-refractivity contribution is -0.143. The predicted molar refractivity (Wildman–Crippen MR) is 76.6 cm³/mol. The van der Waals surface area contributed by atoms with Crippen LogP contribution < -0.4 is 10.6 Å². The van der Waals surface area contributed by atoms with Gasteiger partial charge in [-0.05, 0) is 19.3 Å². The second-order valence-electron chi connectivity index (χ2n) is 5.94. The largest absolute Gasteiger partial charge is 0.481 e. The third kappa shape index (κ3) is 4.96. The van der Waals surface area contributed by atoms with Crippen LogP contribution in [0.5, 0.6) is 0 Å². The lowest BCUT2D eigenvalue weighted by atomic mass is 9.85. The van der Waals surface area contributed by atoms with E-state index in [0.717, 1.165) is 12.8 Å². The van der Waals surface area contributed by atoms with E-state index in [0.29, 0.717) is 19.4 Å². The van der Waals surface area contributed by atoms with Crippen LogP contribution >= 0.6 is 0 Å². The highest BCUT2D eigenvalue weighted by molar-refractivity contribution is 7.91. The van der Waals surface area contributed by atoms with Gasteiger partial charge in [-0.15, -0.1) is 0 Å². The summed E-state index contributed by atoms with van der Waals surface area (Å²) in [6, 6.07) is -0.463. The van der Waals surface area contributed by atoms with Crippen LogP contribution in [0.1, 0.15) is 32.1 Å². The fourth-order valence-corrected chi connectivity index (χ4v) is 4.50. The van der Waals surface area contributed by atoms with E-state index in [1.165, 1.54) is 0 Å². The van der Waals surface area contributed by atoms with Gasteiger partial charge in [-0.1, -0.05) is 6.42 Å². The smallest absolute Gasteiger partial charge is 0.306 e. The molecule has 2 rings (SSSR count). The van der Waals surface area contributed by atoms with E-state index in [2.05, 4.69) is 10.6 Å². The monoisotopic (exact) mass is 318 g/mol. The molecule has 1 aliphatic heterocycles. The Kier molecular flexibility index (Phi) is 5.21. The van der Waals surface area contributed by atoms with Crippen molar-refractivity contribution in [1.82, 2.24) is 10.6 Å². The van der Waals surface area contributed by atoms with Crippen molar-refractivity contribution in [2.24, 2.45) is 5.92 Å². The molecule has 1 heterocycles. The maximum atomic E-state index is 12.0. The van der Waals surface area contributed by atoms with Crippen molar-refractivity contribution in [2.45, 2.75) is 44.2 Å². The average molecular weight is 318 g/mol. The third-order valence-electron chi connectivity index (χ3n) is 4.12. The lowest BCUT2D eigenvalue weighted by Crippen LogP contribution is -2.48. The molecule has 0 aromatic heterocycles. The topological polar surface area (TPSA) is 113 Å². The fourth-order valence-electron chi connectivity index (χ4n) is 3.05. The Labute approximate surface area is 124 Å². The summed E-state index contributed by atoms with van der Waals surface area (Å²) in [5.74, 6) is -1.30. The highest BCUT2D eigenvalue weighted by atomic mass is 32.2. The van der Waals surface area contributed by atoms with Gasteiger partial charge in [0.2, 0.25) is 5.91 Å². The SMILES string of the molecule is O=C(CC1CS(=O)(=O)CCN1)NC1CCCC(C(=O)O)C1. The third-order valence-corrected chi connectivity index (χ3v) is 5.86. The van der Waals surface area contributed by atoms with Crippen molar-refractivity contribution in [1.29, 1.82) is 0 Å². The summed E-state index contributed by atoms with van der Waals surface area (Å²) < 4.78 is 23.0. The molecule has 8 heteroatoms.